The number of aryl methyl sites for hydroxylation is 1. The summed E-state index contributed by atoms with van der Waals surface area (Å²) in [5, 5.41) is 1.74. The first-order valence-electron chi connectivity index (χ1n) is 9.28. The van der Waals surface area contributed by atoms with Crippen LogP contribution in [0.25, 0.3) is 23.1 Å². The van der Waals surface area contributed by atoms with E-state index in [0.717, 1.165) is 12.0 Å². The number of rotatable bonds is 5. The molecule has 0 aliphatic rings. The first kappa shape index (κ1) is 19.4. The molecule has 0 atom stereocenters. The number of para-hydroxylation sites is 1. The summed E-state index contributed by atoms with van der Waals surface area (Å²) in [5.41, 5.74) is 2.61. The third-order valence-electron chi connectivity index (χ3n) is 4.73. The van der Waals surface area contributed by atoms with Gasteiger partial charge in [-0.05, 0) is 54.0 Å². The number of hydrogen-bond acceptors (Lipinski definition) is 2. The molecule has 5 heteroatoms. The molecule has 0 saturated carbocycles. The van der Waals surface area contributed by atoms with Gasteiger partial charge < -0.3 is 0 Å². The van der Waals surface area contributed by atoms with Crippen LogP contribution >= 0.6 is 23.2 Å². The maximum atomic E-state index is 13.1. The molecule has 0 fully saturated rings. The average molecular weight is 421 g/mol. The van der Waals surface area contributed by atoms with Gasteiger partial charge in [-0.1, -0.05) is 71.7 Å². The van der Waals surface area contributed by atoms with Crippen molar-refractivity contribution >= 4 is 46.3 Å². The van der Waals surface area contributed by atoms with Crippen molar-refractivity contribution in [3.63, 3.8) is 0 Å². The molecule has 0 aliphatic heterocycles. The van der Waals surface area contributed by atoms with Crippen LogP contribution in [0.3, 0.4) is 0 Å². The highest BCUT2D eigenvalue weighted by atomic mass is 35.5. The van der Waals surface area contributed by atoms with E-state index in [-0.39, 0.29) is 5.56 Å². The lowest BCUT2D eigenvalue weighted by atomic mass is 10.1. The standard InChI is InChI=1S/C24H18Cl2N2O/c25-19-12-10-18(21(26)16-19)11-13-23-27-22-9-5-4-8-20(22)24(29)28(23)15-14-17-6-2-1-3-7-17/h1-13,16H,14-15H2/b13-11+. The van der Waals surface area contributed by atoms with Gasteiger partial charge in [0.05, 0.1) is 10.9 Å². The zero-order valence-electron chi connectivity index (χ0n) is 15.6. The van der Waals surface area contributed by atoms with Crippen molar-refractivity contribution in [2.45, 2.75) is 13.0 Å². The molecular weight excluding hydrogens is 403 g/mol. The molecular formula is C24H18Cl2N2O. The third-order valence-corrected chi connectivity index (χ3v) is 5.29. The van der Waals surface area contributed by atoms with Crippen molar-refractivity contribution in [3.8, 4) is 0 Å². The molecule has 3 nitrogen and oxygen atoms in total. The van der Waals surface area contributed by atoms with E-state index in [1.54, 1.807) is 16.7 Å². The fraction of sp³-hybridized carbons (Fsp3) is 0.0833. The lowest BCUT2D eigenvalue weighted by molar-refractivity contribution is 0.655. The lowest BCUT2D eigenvalue weighted by Gasteiger charge is -2.11. The van der Waals surface area contributed by atoms with E-state index in [0.29, 0.717) is 33.3 Å². The Morgan fingerprint density at radius 1 is 0.897 bits per heavy atom. The van der Waals surface area contributed by atoms with E-state index < -0.39 is 0 Å². The van der Waals surface area contributed by atoms with Crippen LogP contribution in [0, 0.1) is 0 Å². The van der Waals surface area contributed by atoms with Gasteiger partial charge >= 0.3 is 0 Å². The van der Waals surface area contributed by atoms with Gasteiger partial charge in [-0.25, -0.2) is 4.98 Å². The summed E-state index contributed by atoms with van der Waals surface area (Å²) in [5.74, 6) is 0.593. The SMILES string of the molecule is O=c1c2ccccc2nc(/C=C/c2ccc(Cl)cc2Cl)n1CCc1ccccc1. The lowest BCUT2D eigenvalue weighted by Crippen LogP contribution is -2.25. The van der Waals surface area contributed by atoms with Gasteiger partial charge in [-0.3, -0.25) is 9.36 Å². The second-order valence-electron chi connectivity index (χ2n) is 6.68. The highest BCUT2D eigenvalue weighted by Gasteiger charge is 2.09. The van der Waals surface area contributed by atoms with E-state index in [2.05, 4.69) is 12.1 Å². The van der Waals surface area contributed by atoms with Crippen LogP contribution in [0.1, 0.15) is 17.0 Å². The van der Waals surface area contributed by atoms with Crippen LogP contribution in [-0.4, -0.2) is 9.55 Å². The number of benzene rings is 3. The predicted molar refractivity (Wildman–Crippen MR) is 122 cm³/mol. The molecule has 0 spiro atoms. The first-order chi connectivity index (χ1) is 14.1. The van der Waals surface area contributed by atoms with Crippen LogP contribution in [-0.2, 0) is 13.0 Å². The molecule has 144 valence electrons. The predicted octanol–water partition coefficient (Wildman–Crippen LogP) is 6.12. The Morgan fingerprint density at radius 2 is 1.66 bits per heavy atom. The van der Waals surface area contributed by atoms with E-state index in [4.69, 9.17) is 28.2 Å². The summed E-state index contributed by atoms with van der Waals surface area (Å²) in [4.78, 5) is 17.9. The molecule has 4 aromatic rings. The van der Waals surface area contributed by atoms with E-state index in [9.17, 15) is 4.79 Å². The van der Waals surface area contributed by atoms with Gasteiger partial charge in [0.25, 0.3) is 5.56 Å². The van der Waals surface area contributed by atoms with Crippen LogP contribution in [0.2, 0.25) is 10.0 Å². The summed E-state index contributed by atoms with van der Waals surface area (Å²) < 4.78 is 1.72. The Balaban J connectivity index is 1.76. The fourth-order valence-corrected chi connectivity index (χ4v) is 3.69. The summed E-state index contributed by atoms with van der Waals surface area (Å²) >= 11 is 12.3. The molecule has 29 heavy (non-hydrogen) atoms. The van der Waals surface area contributed by atoms with Crippen LogP contribution < -0.4 is 5.56 Å². The second kappa shape index (κ2) is 8.64. The van der Waals surface area contributed by atoms with Gasteiger partial charge in [0, 0.05) is 16.6 Å². The topological polar surface area (TPSA) is 34.9 Å². The van der Waals surface area contributed by atoms with E-state index >= 15 is 0 Å². The molecule has 1 heterocycles. The minimum atomic E-state index is -0.0478. The molecule has 0 saturated heterocycles. The fourth-order valence-electron chi connectivity index (χ4n) is 3.22. The van der Waals surface area contributed by atoms with Gasteiger partial charge in [0.15, 0.2) is 0 Å². The molecule has 0 radical (unpaired) electrons. The van der Waals surface area contributed by atoms with Crippen molar-refractivity contribution in [2.24, 2.45) is 0 Å². The van der Waals surface area contributed by atoms with Gasteiger partial charge in [-0.2, -0.15) is 0 Å². The molecule has 3 aromatic carbocycles. The smallest absolute Gasteiger partial charge is 0.261 e. The number of nitrogens with zero attached hydrogens (tertiary/aromatic N) is 2. The molecule has 0 unspecified atom stereocenters. The number of aromatic nitrogens is 2. The number of hydrogen-bond donors (Lipinski definition) is 0. The molecule has 4 rings (SSSR count). The zero-order chi connectivity index (χ0) is 20.2. The van der Waals surface area contributed by atoms with Crippen LogP contribution in [0.15, 0.2) is 77.6 Å². The normalized spacial score (nSPS) is 11.4. The van der Waals surface area contributed by atoms with Crippen molar-refractivity contribution < 1.29 is 0 Å². The monoisotopic (exact) mass is 420 g/mol. The van der Waals surface area contributed by atoms with Crippen LogP contribution in [0.4, 0.5) is 0 Å². The Labute approximate surface area is 178 Å². The largest absolute Gasteiger partial charge is 0.292 e. The maximum Gasteiger partial charge on any atom is 0.261 e. The van der Waals surface area contributed by atoms with E-state index in [1.165, 1.54) is 5.56 Å². The van der Waals surface area contributed by atoms with Crippen molar-refractivity contribution in [1.82, 2.24) is 9.55 Å². The molecule has 0 N–H and O–H groups in total. The molecule has 1 aromatic heterocycles. The Hall–Kier alpha value is -2.88. The third kappa shape index (κ3) is 4.42. The minimum Gasteiger partial charge on any atom is -0.292 e. The zero-order valence-corrected chi connectivity index (χ0v) is 17.1. The quantitative estimate of drug-likeness (QED) is 0.389. The summed E-state index contributed by atoms with van der Waals surface area (Å²) in [6.45, 7) is 0.536. The average Bonchev–Trinajstić information content (AvgIpc) is 2.73. The Morgan fingerprint density at radius 3 is 2.45 bits per heavy atom. The highest BCUT2D eigenvalue weighted by molar-refractivity contribution is 6.35. The maximum absolute atomic E-state index is 13.1. The highest BCUT2D eigenvalue weighted by Crippen LogP contribution is 2.23. The van der Waals surface area contributed by atoms with Gasteiger partial charge in [-0.15, -0.1) is 0 Å². The van der Waals surface area contributed by atoms with Crippen molar-refractivity contribution in [1.29, 1.82) is 0 Å². The summed E-state index contributed by atoms with van der Waals surface area (Å²) in [6.07, 6.45) is 4.42. The van der Waals surface area contributed by atoms with Crippen molar-refractivity contribution in [2.75, 3.05) is 0 Å². The number of fused-ring (bicyclic) bond motifs is 1. The van der Waals surface area contributed by atoms with Gasteiger partial charge in [0.1, 0.15) is 5.82 Å². The molecule has 0 aliphatic carbocycles. The summed E-state index contributed by atoms with van der Waals surface area (Å²) in [7, 11) is 0. The molecule has 0 amide bonds. The van der Waals surface area contributed by atoms with Crippen LogP contribution in [0.5, 0.6) is 0 Å². The first-order valence-corrected chi connectivity index (χ1v) is 10.0. The summed E-state index contributed by atoms with van der Waals surface area (Å²) in [6, 6.07) is 22.8. The molecule has 0 bridgehead atoms. The van der Waals surface area contributed by atoms with Gasteiger partial charge in [0.2, 0.25) is 0 Å². The second-order valence-corrected chi connectivity index (χ2v) is 7.52. The number of halogens is 2. The Bertz CT molecular complexity index is 1250. The minimum absolute atomic E-state index is 0.0478. The Kier molecular flexibility index (Phi) is 5.79. The van der Waals surface area contributed by atoms with E-state index in [1.807, 2.05) is 60.7 Å². The van der Waals surface area contributed by atoms with Crippen molar-refractivity contribution in [3.05, 3.63) is 110 Å².